The summed E-state index contributed by atoms with van der Waals surface area (Å²) in [7, 11) is 0. The quantitative estimate of drug-likeness (QED) is 0.676. The number of nitrogens with two attached hydrogens (primary N) is 1. The second-order valence-corrected chi connectivity index (χ2v) is 3.04. The van der Waals surface area contributed by atoms with Gasteiger partial charge in [0.05, 0.1) is 0 Å². The predicted molar refractivity (Wildman–Crippen MR) is 45.3 cm³/mol. The van der Waals surface area contributed by atoms with E-state index >= 15 is 0 Å². The summed E-state index contributed by atoms with van der Waals surface area (Å²) >= 11 is 0. The van der Waals surface area contributed by atoms with E-state index in [0.717, 1.165) is 25.9 Å². The van der Waals surface area contributed by atoms with E-state index in [-0.39, 0.29) is 0 Å². The molecule has 0 aliphatic rings. The second kappa shape index (κ2) is 4.82. The van der Waals surface area contributed by atoms with Gasteiger partial charge >= 0.3 is 0 Å². The lowest BCUT2D eigenvalue weighted by Crippen LogP contribution is -2.09. The molecule has 0 saturated heterocycles. The van der Waals surface area contributed by atoms with Gasteiger partial charge in [0, 0.05) is 6.54 Å². The molecule has 5 nitrogen and oxygen atoms in total. The molecule has 0 aliphatic heterocycles. The van der Waals surface area contributed by atoms with Crippen LogP contribution in [-0.2, 0) is 6.54 Å². The molecule has 1 aromatic heterocycles. The van der Waals surface area contributed by atoms with Crippen LogP contribution in [0.15, 0.2) is 6.33 Å². The molecule has 1 unspecified atom stereocenters. The van der Waals surface area contributed by atoms with Crippen LogP contribution in [0.2, 0.25) is 0 Å². The number of hydrogen-bond donors (Lipinski definition) is 1. The van der Waals surface area contributed by atoms with Crippen LogP contribution in [0.3, 0.4) is 0 Å². The zero-order chi connectivity index (χ0) is 8.81. The van der Waals surface area contributed by atoms with Crippen LogP contribution in [0.4, 0.5) is 0 Å². The zero-order valence-electron chi connectivity index (χ0n) is 7.35. The normalized spacial score (nSPS) is 13.2. The number of rotatable bonds is 5. The van der Waals surface area contributed by atoms with Crippen molar-refractivity contribution >= 4 is 0 Å². The minimum atomic E-state index is 0.652. The zero-order valence-corrected chi connectivity index (χ0v) is 7.35. The van der Waals surface area contributed by atoms with Crippen molar-refractivity contribution in [3.63, 3.8) is 0 Å². The third kappa shape index (κ3) is 2.96. The fourth-order valence-electron chi connectivity index (χ4n) is 1.06. The van der Waals surface area contributed by atoms with Crippen LogP contribution in [0.5, 0.6) is 0 Å². The predicted octanol–water partition coefficient (Wildman–Crippen LogP) is 0.0481. The van der Waals surface area contributed by atoms with E-state index in [1.807, 2.05) is 0 Å². The van der Waals surface area contributed by atoms with Crippen LogP contribution in [0, 0.1) is 5.92 Å². The number of tetrazole rings is 1. The van der Waals surface area contributed by atoms with E-state index in [4.69, 9.17) is 5.73 Å². The molecule has 0 aromatic carbocycles. The Labute approximate surface area is 71.9 Å². The average molecular weight is 169 g/mol. The van der Waals surface area contributed by atoms with Gasteiger partial charge in [-0.2, -0.15) is 0 Å². The Kier molecular flexibility index (Phi) is 3.66. The van der Waals surface area contributed by atoms with Crippen molar-refractivity contribution in [2.45, 2.75) is 26.3 Å². The van der Waals surface area contributed by atoms with E-state index in [1.165, 1.54) is 0 Å². The number of nitrogens with zero attached hydrogens (tertiary/aromatic N) is 4. The maximum atomic E-state index is 5.43. The van der Waals surface area contributed by atoms with E-state index in [2.05, 4.69) is 22.4 Å². The lowest BCUT2D eigenvalue weighted by atomic mass is 10.0. The highest BCUT2D eigenvalue weighted by atomic mass is 15.5. The molecule has 1 aromatic rings. The molecule has 0 amide bonds. The minimum absolute atomic E-state index is 0.652. The Morgan fingerprint density at radius 3 is 2.92 bits per heavy atom. The van der Waals surface area contributed by atoms with E-state index in [9.17, 15) is 0 Å². The van der Waals surface area contributed by atoms with Crippen LogP contribution < -0.4 is 5.73 Å². The molecule has 0 saturated carbocycles. The lowest BCUT2D eigenvalue weighted by Gasteiger charge is -2.07. The Balaban J connectivity index is 2.17. The summed E-state index contributed by atoms with van der Waals surface area (Å²) in [5.74, 6) is 0.652. The molecule has 2 N–H and O–H groups in total. The maximum absolute atomic E-state index is 5.43. The molecule has 5 heteroatoms. The van der Waals surface area contributed by atoms with Crippen molar-refractivity contribution in [2.75, 3.05) is 6.54 Å². The first-order valence-corrected chi connectivity index (χ1v) is 4.23. The van der Waals surface area contributed by atoms with Gasteiger partial charge in [0.25, 0.3) is 0 Å². The molecule has 1 atom stereocenters. The first kappa shape index (κ1) is 9.12. The highest BCUT2D eigenvalue weighted by molar-refractivity contribution is 4.55. The number of hydrogen-bond acceptors (Lipinski definition) is 4. The summed E-state index contributed by atoms with van der Waals surface area (Å²) in [6.45, 7) is 3.84. The average Bonchev–Trinajstić information content (AvgIpc) is 2.53. The van der Waals surface area contributed by atoms with Gasteiger partial charge in [0.15, 0.2) is 0 Å². The molecule has 68 valence electrons. The van der Waals surface area contributed by atoms with Crippen LogP contribution >= 0.6 is 0 Å². The summed E-state index contributed by atoms with van der Waals surface area (Å²) in [6.07, 6.45) is 3.79. The van der Waals surface area contributed by atoms with Crippen LogP contribution in [-0.4, -0.2) is 26.8 Å². The number of aromatic nitrogens is 4. The third-order valence-corrected chi connectivity index (χ3v) is 1.90. The van der Waals surface area contributed by atoms with Gasteiger partial charge < -0.3 is 5.73 Å². The van der Waals surface area contributed by atoms with Gasteiger partial charge in [0.2, 0.25) is 0 Å². The largest absolute Gasteiger partial charge is 0.330 e. The highest BCUT2D eigenvalue weighted by Gasteiger charge is 2.01. The summed E-state index contributed by atoms with van der Waals surface area (Å²) in [5, 5.41) is 10.9. The Morgan fingerprint density at radius 1 is 1.50 bits per heavy atom. The monoisotopic (exact) mass is 169 g/mol. The Bertz CT molecular complexity index is 196. The van der Waals surface area contributed by atoms with Crippen molar-refractivity contribution < 1.29 is 0 Å². The van der Waals surface area contributed by atoms with Crippen molar-refractivity contribution in [3.05, 3.63) is 6.33 Å². The molecule has 12 heavy (non-hydrogen) atoms. The van der Waals surface area contributed by atoms with Crippen LogP contribution in [0.25, 0.3) is 0 Å². The molecule has 0 bridgehead atoms. The molecular formula is C7H15N5. The first-order valence-electron chi connectivity index (χ1n) is 4.23. The smallest absolute Gasteiger partial charge is 0.138 e. The van der Waals surface area contributed by atoms with Gasteiger partial charge in [-0.15, -0.1) is 5.10 Å². The Hall–Kier alpha value is -0.970. The maximum Gasteiger partial charge on any atom is 0.138 e. The second-order valence-electron chi connectivity index (χ2n) is 3.04. The van der Waals surface area contributed by atoms with Crippen molar-refractivity contribution in [2.24, 2.45) is 11.7 Å². The standard InChI is InChI=1S/C7H15N5/c1-7(2-4-8)3-5-12-6-9-10-11-12/h6-7H,2-5,8H2,1H3. The number of aryl methyl sites for hydroxylation is 1. The summed E-state index contributed by atoms with van der Waals surface area (Å²) in [5.41, 5.74) is 5.43. The Morgan fingerprint density at radius 2 is 2.33 bits per heavy atom. The molecule has 0 spiro atoms. The third-order valence-electron chi connectivity index (χ3n) is 1.90. The van der Waals surface area contributed by atoms with Gasteiger partial charge in [-0.3, -0.25) is 0 Å². The summed E-state index contributed by atoms with van der Waals surface area (Å²) < 4.78 is 1.74. The van der Waals surface area contributed by atoms with Crippen molar-refractivity contribution in [3.8, 4) is 0 Å². The molecular weight excluding hydrogens is 154 g/mol. The molecule has 0 radical (unpaired) electrons. The first-order chi connectivity index (χ1) is 5.83. The molecule has 0 aliphatic carbocycles. The molecule has 1 heterocycles. The minimum Gasteiger partial charge on any atom is -0.330 e. The summed E-state index contributed by atoms with van der Waals surface area (Å²) in [4.78, 5) is 0. The van der Waals surface area contributed by atoms with Gasteiger partial charge in [-0.25, -0.2) is 4.68 Å². The van der Waals surface area contributed by atoms with Crippen LogP contribution in [0.1, 0.15) is 19.8 Å². The molecule has 0 fully saturated rings. The van der Waals surface area contributed by atoms with Gasteiger partial charge in [-0.1, -0.05) is 6.92 Å². The fraction of sp³-hybridized carbons (Fsp3) is 0.857. The van der Waals surface area contributed by atoms with Crippen molar-refractivity contribution in [1.29, 1.82) is 0 Å². The topological polar surface area (TPSA) is 69.6 Å². The van der Waals surface area contributed by atoms with E-state index < -0.39 is 0 Å². The van der Waals surface area contributed by atoms with E-state index in [1.54, 1.807) is 11.0 Å². The highest BCUT2D eigenvalue weighted by Crippen LogP contribution is 2.06. The fourth-order valence-corrected chi connectivity index (χ4v) is 1.06. The van der Waals surface area contributed by atoms with Gasteiger partial charge in [0.1, 0.15) is 6.33 Å². The lowest BCUT2D eigenvalue weighted by molar-refractivity contribution is 0.434. The summed E-state index contributed by atoms with van der Waals surface area (Å²) in [6, 6.07) is 0. The van der Waals surface area contributed by atoms with Gasteiger partial charge in [-0.05, 0) is 35.7 Å². The SMILES string of the molecule is CC(CCN)CCn1cnnn1. The molecule has 1 rings (SSSR count). The van der Waals surface area contributed by atoms with Crippen molar-refractivity contribution in [1.82, 2.24) is 20.2 Å². The van der Waals surface area contributed by atoms with E-state index in [0.29, 0.717) is 5.92 Å².